The summed E-state index contributed by atoms with van der Waals surface area (Å²) in [6.45, 7) is 2.22. The van der Waals surface area contributed by atoms with Crippen LogP contribution in [0.5, 0.6) is 0 Å². The van der Waals surface area contributed by atoms with Crippen molar-refractivity contribution in [1.82, 2.24) is 4.98 Å². The van der Waals surface area contributed by atoms with Crippen LogP contribution in [-0.2, 0) is 0 Å². The molecule has 0 saturated heterocycles. The molecular formula is C12H19N3. The van der Waals surface area contributed by atoms with Crippen LogP contribution >= 0.6 is 0 Å². The van der Waals surface area contributed by atoms with Gasteiger partial charge in [0.15, 0.2) is 0 Å². The summed E-state index contributed by atoms with van der Waals surface area (Å²) in [6.07, 6.45) is 6.96. The molecule has 0 radical (unpaired) electrons. The Bertz CT molecular complexity index is 303. The van der Waals surface area contributed by atoms with Gasteiger partial charge in [-0.1, -0.05) is 19.8 Å². The van der Waals surface area contributed by atoms with Crippen LogP contribution in [0.15, 0.2) is 18.3 Å². The zero-order valence-electron chi connectivity index (χ0n) is 9.24. The summed E-state index contributed by atoms with van der Waals surface area (Å²) in [5.41, 5.74) is 6.31. The van der Waals surface area contributed by atoms with Crippen molar-refractivity contribution in [2.45, 2.75) is 38.6 Å². The van der Waals surface area contributed by atoms with Crippen LogP contribution in [0.3, 0.4) is 0 Å². The number of pyridine rings is 1. The van der Waals surface area contributed by atoms with Gasteiger partial charge in [-0.25, -0.2) is 4.98 Å². The molecule has 0 aliphatic heterocycles. The number of nitrogens with one attached hydrogen (secondary N) is 1. The molecule has 82 valence electrons. The number of rotatable bonds is 5. The summed E-state index contributed by atoms with van der Waals surface area (Å²) in [5.74, 6) is 1.90. The first-order valence-corrected chi connectivity index (χ1v) is 5.76. The third kappa shape index (κ3) is 3.11. The first-order valence-electron chi connectivity index (χ1n) is 5.76. The van der Waals surface area contributed by atoms with Gasteiger partial charge in [0.05, 0.1) is 11.9 Å². The summed E-state index contributed by atoms with van der Waals surface area (Å²) in [5, 5.41) is 3.46. The third-order valence-electron chi connectivity index (χ3n) is 2.95. The Morgan fingerprint density at radius 3 is 2.87 bits per heavy atom. The average Bonchev–Trinajstić information content (AvgIpc) is 3.04. The van der Waals surface area contributed by atoms with Gasteiger partial charge in [0, 0.05) is 6.04 Å². The number of hydrogen-bond acceptors (Lipinski definition) is 3. The Morgan fingerprint density at radius 1 is 1.53 bits per heavy atom. The van der Waals surface area contributed by atoms with Crippen LogP contribution in [0, 0.1) is 5.92 Å². The van der Waals surface area contributed by atoms with E-state index in [1.54, 1.807) is 6.20 Å². The van der Waals surface area contributed by atoms with E-state index in [1.165, 1.54) is 19.3 Å². The number of nitrogen functional groups attached to an aromatic ring is 1. The molecule has 1 aromatic rings. The van der Waals surface area contributed by atoms with E-state index in [-0.39, 0.29) is 0 Å². The molecule has 1 saturated carbocycles. The average molecular weight is 205 g/mol. The fourth-order valence-corrected chi connectivity index (χ4v) is 1.78. The number of aromatic nitrogens is 1. The molecule has 0 aromatic carbocycles. The van der Waals surface area contributed by atoms with Crippen LogP contribution in [-0.4, -0.2) is 11.0 Å². The van der Waals surface area contributed by atoms with Gasteiger partial charge in [-0.05, 0) is 30.9 Å². The summed E-state index contributed by atoms with van der Waals surface area (Å²) >= 11 is 0. The molecule has 1 heterocycles. The van der Waals surface area contributed by atoms with Gasteiger partial charge < -0.3 is 11.1 Å². The van der Waals surface area contributed by atoms with E-state index >= 15 is 0 Å². The number of nitrogens with two attached hydrogens (primary N) is 1. The monoisotopic (exact) mass is 205 g/mol. The highest BCUT2D eigenvalue weighted by atomic mass is 15.0. The van der Waals surface area contributed by atoms with Crippen molar-refractivity contribution < 1.29 is 0 Å². The Labute approximate surface area is 91.1 Å². The molecule has 1 aliphatic rings. The summed E-state index contributed by atoms with van der Waals surface area (Å²) in [7, 11) is 0. The normalized spacial score (nSPS) is 17.4. The van der Waals surface area contributed by atoms with E-state index in [9.17, 15) is 0 Å². The van der Waals surface area contributed by atoms with E-state index in [4.69, 9.17) is 5.73 Å². The minimum atomic E-state index is 0.564. The van der Waals surface area contributed by atoms with Crippen LogP contribution < -0.4 is 11.1 Å². The highest BCUT2D eigenvalue weighted by Crippen LogP contribution is 2.34. The lowest BCUT2D eigenvalue weighted by molar-refractivity contribution is 0.585. The van der Waals surface area contributed by atoms with E-state index in [1.807, 2.05) is 12.1 Å². The molecule has 1 aromatic heterocycles. The van der Waals surface area contributed by atoms with Crippen LogP contribution in [0.1, 0.15) is 32.6 Å². The number of anilines is 2. The Kier molecular flexibility index (Phi) is 3.09. The van der Waals surface area contributed by atoms with E-state index in [0.717, 1.165) is 23.8 Å². The van der Waals surface area contributed by atoms with Crippen molar-refractivity contribution in [3.63, 3.8) is 0 Å². The minimum absolute atomic E-state index is 0.564. The molecule has 2 rings (SSSR count). The molecule has 0 amide bonds. The first kappa shape index (κ1) is 10.3. The molecule has 3 heteroatoms. The Hall–Kier alpha value is -1.25. The molecular weight excluding hydrogens is 186 g/mol. The topological polar surface area (TPSA) is 50.9 Å². The second-order valence-corrected chi connectivity index (χ2v) is 4.41. The molecule has 1 fully saturated rings. The predicted octanol–water partition coefficient (Wildman–Crippen LogP) is 2.65. The molecule has 1 unspecified atom stereocenters. The highest BCUT2D eigenvalue weighted by molar-refractivity contribution is 5.44. The smallest absolute Gasteiger partial charge is 0.126 e. The summed E-state index contributed by atoms with van der Waals surface area (Å²) in [4.78, 5) is 4.26. The van der Waals surface area contributed by atoms with E-state index in [2.05, 4.69) is 17.2 Å². The van der Waals surface area contributed by atoms with Crippen molar-refractivity contribution in [1.29, 1.82) is 0 Å². The lowest BCUT2D eigenvalue weighted by Gasteiger charge is -2.17. The van der Waals surface area contributed by atoms with Gasteiger partial charge >= 0.3 is 0 Å². The Morgan fingerprint density at radius 2 is 2.33 bits per heavy atom. The third-order valence-corrected chi connectivity index (χ3v) is 2.95. The maximum Gasteiger partial charge on any atom is 0.126 e. The first-order chi connectivity index (χ1) is 7.28. The van der Waals surface area contributed by atoms with Crippen LogP contribution in [0.4, 0.5) is 11.5 Å². The predicted molar refractivity (Wildman–Crippen MR) is 63.7 cm³/mol. The molecule has 0 bridgehead atoms. The van der Waals surface area contributed by atoms with E-state index in [0.29, 0.717) is 6.04 Å². The molecule has 15 heavy (non-hydrogen) atoms. The second-order valence-electron chi connectivity index (χ2n) is 4.41. The van der Waals surface area contributed by atoms with Gasteiger partial charge in [0.25, 0.3) is 0 Å². The number of hydrogen-bond donors (Lipinski definition) is 2. The van der Waals surface area contributed by atoms with Crippen molar-refractivity contribution in [2.75, 3.05) is 11.1 Å². The SMILES string of the molecule is CCC(CC1CC1)Nc1ccc(N)cn1. The summed E-state index contributed by atoms with van der Waals surface area (Å²) in [6, 6.07) is 4.40. The summed E-state index contributed by atoms with van der Waals surface area (Å²) < 4.78 is 0. The Balaban J connectivity index is 1.89. The van der Waals surface area contributed by atoms with Crippen LogP contribution in [0.2, 0.25) is 0 Å². The van der Waals surface area contributed by atoms with E-state index < -0.39 is 0 Å². The molecule has 3 N–H and O–H groups in total. The standard InChI is InChI=1S/C12H19N3/c1-2-11(7-9-3-4-9)15-12-6-5-10(13)8-14-12/h5-6,8-9,11H,2-4,7,13H2,1H3,(H,14,15). The fraction of sp³-hybridized carbons (Fsp3) is 0.583. The number of nitrogens with zero attached hydrogens (tertiary/aromatic N) is 1. The zero-order chi connectivity index (χ0) is 10.7. The van der Waals surface area contributed by atoms with Crippen molar-refractivity contribution in [2.24, 2.45) is 5.92 Å². The maximum absolute atomic E-state index is 5.59. The maximum atomic E-state index is 5.59. The van der Waals surface area contributed by atoms with Crippen molar-refractivity contribution in [3.8, 4) is 0 Å². The lowest BCUT2D eigenvalue weighted by atomic mass is 10.1. The van der Waals surface area contributed by atoms with Gasteiger partial charge in [0.2, 0.25) is 0 Å². The zero-order valence-corrected chi connectivity index (χ0v) is 9.24. The minimum Gasteiger partial charge on any atom is -0.397 e. The van der Waals surface area contributed by atoms with Gasteiger partial charge in [-0.15, -0.1) is 0 Å². The molecule has 1 atom stereocenters. The van der Waals surface area contributed by atoms with Crippen LogP contribution in [0.25, 0.3) is 0 Å². The van der Waals surface area contributed by atoms with Crippen molar-refractivity contribution in [3.05, 3.63) is 18.3 Å². The van der Waals surface area contributed by atoms with Gasteiger partial charge in [0.1, 0.15) is 5.82 Å². The highest BCUT2D eigenvalue weighted by Gasteiger charge is 2.24. The lowest BCUT2D eigenvalue weighted by Crippen LogP contribution is -2.19. The molecule has 3 nitrogen and oxygen atoms in total. The fourth-order valence-electron chi connectivity index (χ4n) is 1.78. The molecule has 0 spiro atoms. The molecule has 1 aliphatic carbocycles. The largest absolute Gasteiger partial charge is 0.397 e. The quantitative estimate of drug-likeness (QED) is 0.777. The van der Waals surface area contributed by atoms with Crippen molar-refractivity contribution >= 4 is 11.5 Å². The van der Waals surface area contributed by atoms with Gasteiger partial charge in [-0.3, -0.25) is 0 Å². The second kappa shape index (κ2) is 4.51. The van der Waals surface area contributed by atoms with Gasteiger partial charge in [-0.2, -0.15) is 0 Å².